The number of pyridine rings is 1. The lowest BCUT2D eigenvalue weighted by atomic mass is 10.2. The van der Waals surface area contributed by atoms with E-state index in [4.69, 9.17) is 9.84 Å². The van der Waals surface area contributed by atoms with Crippen molar-refractivity contribution in [2.45, 2.75) is 13.5 Å². The Morgan fingerprint density at radius 2 is 2.16 bits per heavy atom. The molecule has 0 bridgehead atoms. The molecule has 2 aromatic rings. The number of carboxylic acids is 1. The Hall–Kier alpha value is -1.63. The van der Waals surface area contributed by atoms with Crippen LogP contribution in [0.25, 0.3) is 0 Å². The first-order chi connectivity index (χ1) is 9.06. The fraction of sp³-hybridized carbons (Fsp3) is 0.143. The van der Waals surface area contributed by atoms with Gasteiger partial charge in [-0.2, -0.15) is 0 Å². The highest BCUT2D eigenvalue weighted by molar-refractivity contribution is 14.1. The fourth-order valence-electron chi connectivity index (χ4n) is 1.58. The number of hydrogen-bond donors (Lipinski definition) is 1. The summed E-state index contributed by atoms with van der Waals surface area (Å²) in [7, 11) is 0. The molecule has 0 aliphatic heterocycles. The second-order valence-corrected chi connectivity index (χ2v) is 5.17. The maximum absolute atomic E-state index is 10.9. The van der Waals surface area contributed by atoms with Crippen molar-refractivity contribution in [1.82, 2.24) is 4.98 Å². The third-order valence-corrected chi connectivity index (χ3v) is 3.39. The molecule has 0 atom stereocenters. The van der Waals surface area contributed by atoms with Crippen LogP contribution < -0.4 is 4.74 Å². The van der Waals surface area contributed by atoms with E-state index in [1.165, 1.54) is 6.07 Å². The molecule has 0 aliphatic rings. The predicted octanol–water partition coefficient (Wildman–Crippen LogP) is 3.27. The summed E-state index contributed by atoms with van der Waals surface area (Å²) in [5, 5.41) is 8.95. The molecule has 4 nitrogen and oxygen atoms in total. The summed E-state index contributed by atoms with van der Waals surface area (Å²) in [6, 6.07) is 10.5. The highest BCUT2D eigenvalue weighted by Gasteiger charge is 2.08. The second kappa shape index (κ2) is 6.01. The van der Waals surface area contributed by atoms with E-state index in [1.54, 1.807) is 12.1 Å². The van der Waals surface area contributed by atoms with Gasteiger partial charge in [0.15, 0.2) is 0 Å². The summed E-state index contributed by atoms with van der Waals surface area (Å²) in [5.41, 5.74) is 1.96. The molecule has 1 aromatic heterocycles. The molecule has 2 rings (SSSR count). The van der Waals surface area contributed by atoms with Gasteiger partial charge in [-0.1, -0.05) is 6.07 Å². The molecule has 1 N–H and O–H groups in total. The van der Waals surface area contributed by atoms with Gasteiger partial charge in [-0.3, -0.25) is 4.98 Å². The monoisotopic (exact) mass is 369 g/mol. The highest BCUT2D eigenvalue weighted by atomic mass is 127. The van der Waals surface area contributed by atoms with E-state index in [-0.39, 0.29) is 5.56 Å². The van der Waals surface area contributed by atoms with Crippen LogP contribution in [-0.2, 0) is 6.61 Å². The van der Waals surface area contributed by atoms with Gasteiger partial charge in [-0.05, 0) is 59.8 Å². The second-order valence-electron chi connectivity index (χ2n) is 4.01. The van der Waals surface area contributed by atoms with Gasteiger partial charge in [-0.25, -0.2) is 4.79 Å². The number of ether oxygens (including phenoxy) is 1. The lowest BCUT2D eigenvalue weighted by molar-refractivity contribution is 0.0696. The predicted molar refractivity (Wildman–Crippen MR) is 79.4 cm³/mol. The van der Waals surface area contributed by atoms with Crippen molar-refractivity contribution >= 4 is 28.6 Å². The minimum absolute atomic E-state index is 0.215. The summed E-state index contributed by atoms with van der Waals surface area (Å²) >= 11 is 2.11. The van der Waals surface area contributed by atoms with Crippen LogP contribution in [0.15, 0.2) is 36.4 Å². The Morgan fingerprint density at radius 1 is 1.37 bits per heavy atom. The van der Waals surface area contributed by atoms with Crippen LogP contribution in [0.5, 0.6) is 5.75 Å². The van der Waals surface area contributed by atoms with Gasteiger partial charge in [0.1, 0.15) is 12.4 Å². The van der Waals surface area contributed by atoms with Crippen molar-refractivity contribution in [3.8, 4) is 5.75 Å². The summed E-state index contributed by atoms with van der Waals surface area (Å²) in [5.74, 6) is -0.404. The number of benzene rings is 1. The number of nitrogens with zero attached hydrogens (tertiary/aromatic N) is 1. The Balaban J connectivity index is 2.15. The smallest absolute Gasteiger partial charge is 0.335 e. The number of hydrogen-bond acceptors (Lipinski definition) is 3. The van der Waals surface area contributed by atoms with Gasteiger partial charge in [-0.15, -0.1) is 0 Å². The molecular weight excluding hydrogens is 357 g/mol. The van der Waals surface area contributed by atoms with Crippen molar-refractivity contribution in [3.63, 3.8) is 0 Å². The van der Waals surface area contributed by atoms with Gasteiger partial charge in [0.2, 0.25) is 0 Å². The number of halogens is 1. The molecule has 98 valence electrons. The van der Waals surface area contributed by atoms with E-state index in [1.807, 2.05) is 25.1 Å². The molecule has 0 spiro atoms. The van der Waals surface area contributed by atoms with Crippen LogP contribution in [0, 0.1) is 10.5 Å². The third-order valence-electron chi connectivity index (χ3n) is 2.50. The first-order valence-corrected chi connectivity index (χ1v) is 6.72. The van der Waals surface area contributed by atoms with Crippen molar-refractivity contribution in [2.75, 3.05) is 0 Å². The zero-order valence-electron chi connectivity index (χ0n) is 10.3. The summed E-state index contributed by atoms with van der Waals surface area (Å²) in [6.45, 7) is 2.24. The van der Waals surface area contributed by atoms with Gasteiger partial charge < -0.3 is 9.84 Å². The normalized spacial score (nSPS) is 10.2. The quantitative estimate of drug-likeness (QED) is 0.841. The molecule has 1 aromatic carbocycles. The number of carboxylic acid groups (broad SMARTS) is 1. The van der Waals surface area contributed by atoms with E-state index in [0.717, 1.165) is 15.0 Å². The van der Waals surface area contributed by atoms with Crippen molar-refractivity contribution in [1.29, 1.82) is 0 Å². The fourth-order valence-corrected chi connectivity index (χ4v) is 2.07. The molecular formula is C14H12INO3. The molecule has 0 unspecified atom stereocenters. The first-order valence-electron chi connectivity index (χ1n) is 5.64. The average molecular weight is 369 g/mol. The zero-order chi connectivity index (χ0) is 13.8. The van der Waals surface area contributed by atoms with Crippen LogP contribution in [0.1, 0.15) is 21.7 Å². The Morgan fingerprint density at radius 3 is 2.84 bits per heavy atom. The number of carbonyl (C=O) groups is 1. The topological polar surface area (TPSA) is 59.4 Å². The number of aryl methyl sites for hydroxylation is 1. The SMILES string of the molecule is Cc1cccc(COc2cc(C(=O)O)ccc2I)n1. The van der Waals surface area contributed by atoms with Crippen LogP contribution in [0.4, 0.5) is 0 Å². The van der Waals surface area contributed by atoms with Crippen LogP contribution in [-0.4, -0.2) is 16.1 Å². The molecule has 5 heteroatoms. The van der Waals surface area contributed by atoms with Crippen molar-refractivity contribution in [3.05, 3.63) is 56.9 Å². The van der Waals surface area contributed by atoms with Crippen LogP contribution in [0.2, 0.25) is 0 Å². The van der Waals surface area contributed by atoms with E-state index in [0.29, 0.717) is 12.4 Å². The standard InChI is InChI=1S/C14H12INO3/c1-9-3-2-4-11(16-9)8-19-13-7-10(14(17)18)5-6-12(13)15/h2-7H,8H2,1H3,(H,17,18). The van der Waals surface area contributed by atoms with Crippen molar-refractivity contribution in [2.24, 2.45) is 0 Å². The minimum Gasteiger partial charge on any atom is -0.486 e. The molecule has 1 heterocycles. The molecule has 0 aliphatic carbocycles. The molecule has 0 saturated carbocycles. The number of rotatable bonds is 4. The van der Waals surface area contributed by atoms with Crippen LogP contribution >= 0.6 is 22.6 Å². The van der Waals surface area contributed by atoms with Crippen LogP contribution in [0.3, 0.4) is 0 Å². The Kier molecular flexibility index (Phi) is 4.36. The van der Waals surface area contributed by atoms with E-state index < -0.39 is 5.97 Å². The maximum atomic E-state index is 10.9. The number of aromatic carboxylic acids is 1. The molecule has 0 radical (unpaired) electrons. The summed E-state index contributed by atoms with van der Waals surface area (Å²) in [6.07, 6.45) is 0. The summed E-state index contributed by atoms with van der Waals surface area (Å²) < 4.78 is 6.51. The summed E-state index contributed by atoms with van der Waals surface area (Å²) in [4.78, 5) is 15.2. The van der Waals surface area contributed by atoms with Crippen molar-refractivity contribution < 1.29 is 14.6 Å². The first kappa shape index (κ1) is 13.8. The van der Waals surface area contributed by atoms with Gasteiger partial charge in [0, 0.05) is 5.69 Å². The maximum Gasteiger partial charge on any atom is 0.335 e. The lowest BCUT2D eigenvalue weighted by Gasteiger charge is -2.09. The molecule has 0 amide bonds. The number of aromatic nitrogens is 1. The Labute approximate surface area is 124 Å². The molecule has 0 fully saturated rings. The zero-order valence-corrected chi connectivity index (χ0v) is 12.4. The Bertz CT molecular complexity index is 613. The van der Waals surface area contributed by atoms with E-state index >= 15 is 0 Å². The van der Waals surface area contributed by atoms with E-state index in [9.17, 15) is 4.79 Å². The van der Waals surface area contributed by atoms with Gasteiger partial charge >= 0.3 is 5.97 Å². The minimum atomic E-state index is -0.963. The third kappa shape index (κ3) is 3.66. The average Bonchev–Trinajstić information content (AvgIpc) is 2.37. The van der Waals surface area contributed by atoms with Gasteiger partial charge in [0.25, 0.3) is 0 Å². The van der Waals surface area contributed by atoms with E-state index in [2.05, 4.69) is 27.6 Å². The van der Waals surface area contributed by atoms with Gasteiger partial charge in [0.05, 0.1) is 14.8 Å². The largest absolute Gasteiger partial charge is 0.486 e. The molecule has 0 saturated heterocycles. The lowest BCUT2D eigenvalue weighted by Crippen LogP contribution is -2.02. The highest BCUT2D eigenvalue weighted by Crippen LogP contribution is 2.23. The molecule has 19 heavy (non-hydrogen) atoms.